The highest BCUT2D eigenvalue weighted by molar-refractivity contribution is 5.92. The molecule has 8 heteroatoms. The maximum absolute atomic E-state index is 12.8. The van der Waals surface area contributed by atoms with E-state index in [1.54, 1.807) is 35.3 Å². The van der Waals surface area contributed by atoms with Gasteiger partial charge in [0.1, 0.15) is 23.3 Å². The first kappa shape index (κ1) is 21.7. The van der Waals surface area contributed by atoms with Crippen molar-refractivity contribution in [2.24, 2.45) is 0 Å². The predicted octanol–water partition coefficient (Wildman–Crippen LogP) is 3.68. The van der Waals surface area contributed by atoms with E-state index in [0.29, 0.717) is 38.5 Å². The molecule has 2 heterocycles. The molecule has 0 spiro atoms. The van der Waals surface area contributed by atoms with Crippen molar-refractivity contribution in [3.63, 3.8) is 0 Å². The van der Waals surface area contributed by atoms with Gasteiger partial charge in [0.25, 0.3) is 5.69 Å². The Balaban J connectivity index is 1.43. The van der Waals surface area contributed by atoms with Gasteiger partial charge in [-0.05, 0) is 38.1 Å². The van der Waals surface area contributed by atoms with Crippen molar-refractivity contribution < 1.29 is 19.2 Å². The molecule has 0 radical (unpaired) electrons. The summed E-state index contributed by atoms with van der Waals surface area (Å²) in [6, 6.07) is 10.6. The van der Waals surface area contributed by atoms with Gasteiger partial charge < -0.3 is 19.3 Å². The fourth-order valence-corrected chi connectivity index (χ4v) is 4.19. The molecule has 168 valence electrons. The molecule has 0 aliphatic carbocycles. The first-order chi connectivity index (χ1) is 15.5. The normalized spacial score (nSPS) is 17.9. The zero-order chi connectivity index (χ0) is 22.7. The molecule has 1 amide bonds. The van der Waals surface area contributed by atoms with Gasteiger partial charge in [0.15, 0.2) is 0 Å². The molecule has 2 aliphatic heterocycles. The lowest BCUT2D eigenvalue weighted by Gasteiger charge is -2.35. The molecule has 1 saturated heterocycles. The van der Waals surface area contributed by atoms with Crippen molar-refractivity contribution >= 4 is 23.4 Å². The average molecular weight is 437 g/mol. The lowest BCUT2D eigenvalue weighted by Crippen LogP contribution is -2.48. The molecule has 0 aromatic heterocycles. The molecule has 2 aliphatic rings. The van der Waals surface area contributed by atoms with E-state index in [1.807, 2.05) is 30.9 Å². The molecule has 2 aromatic carbocycles. The van der Waals surface area contributed by atoms with Crippen LogP contribution in [0.2, 0.25) is 0 Å². The van der Waals surface area contributed by atoms with Crippen molar-refractivity contribution in [1.29, 1.82) is 0 Å². The van der Waals surface area contributed by atoms with Gasteiger partial charge in [-0.25, -0.2) is 0 Å². The minimum absolute atomic E-state index is 0.0868. The number of hydrogen-bond donors (Lipinski definition) is 0. The van der Waals surface area contributed by atoms with E-state index in [1.165, 1.54) is 6.07 Å². The van der Waals surface area contributed by atoms with E-state index < -0.39 is 0 Å². The molecule has 32 heavy (non-hydrogen) atoms. The monoisotopic (exact) mass is 437 g/mol. The second-order valence-corrected chi connectivity index (χ2v) is 7.95. The van der Waals surface area contributed by atoms with Crippen molar-refractivity contribution in [1.82, 2.24) is 4.90 Å². The Hall–Kier alpha value is -3.55. The zero-order valence-electron chi connectivity index (χ0n) is 18.3. The molecular weight excluding hydrogens is 410 g/mol. The number of nitro groups is 1. The van der Waals surface area contributed by atoms with E-state index in [-0.39, 0.29) is 22.6 Å². The van der Waals surface area contributed by atoms with Gasteiger partial charge in [-0.15, -0.1) is 0 Å². The number of ether oxygens (including phenoxy) is 2. The summed E-state index contributed by atoms with van der Waals surface area (Å²) in [5.74, 6) is 1.49. The third-order valence-electron chi connectivity index (χ3n) is 5.74. The summed E-state index contributed by atoms with van der Waals surface area (Å²) in [6.45, 7) is 6.58. The Morgan fingerprint density at radius 2 is 2.00 bits per heavy atom. The number of nitro benzene ring substituents is 1. The summed E-state index contributed by atoms with van der Waals surface area (Å²) >= 11 is 0. The quantitative estimate of drug-likeness (QED) is 0.389. The highest BCUT2D eigenvalue weighted by Gasteiger charge is 2.25. The van der Waals surface area contributed by atoms with Gasteiger partial charge >= 0.3 is 0 Å². The number of amides is 1. The van der Waals surface area contributed by atoms with Crippen LogP contribution < -0.4 is 14.4 Å². The van der Waals surface area contributed by atoms with E-state index in [2.05, 4.69) is 0 Å². The third kappa shape index (κ3) is 4.54. The van der Waals surface area contributed by atoms with Crippen LogP contribution in [0.1, 0.15) is 25.0 Å². The number of rotatable bonds is 6. The summed E-state index contributed by atoms with van der Waals surface area (Å²) in [4.78, 5) is 27.4. The van der Waals surface area contributed by atoms with Gasteiger partial charge in [-0.2, -0.15) is 0 Å². The SMILES string of the molecule is CCOc1cc2c(cc1/C=C/C(=O)N1CCN(c3ccccc3[N+](=O)[O-])CC1)OC(C)C2. The number of carbonyl (C=O) groups excluding carboxylic acids is 1. The van der Waals surface area contributed by atoms with E-state index in [4.69, 9.17) is 9.47 Å². The molecule has 1 atom stereocenters. The van der Waals surface area contributed by atoms with Crippen LogP contribution in [0.4, 0.5) is 11.4 Å². The van der Waals surface area contributed by atoms with E-state index >= 15 is 0 Å². The highest BCUT2D eigenvalue weighted by Crippen LogP contribution is 2.36. The average Bonchev–Trinajstić information content (AvgIpc) is 3.16. The van der Waals surface area contributed by atoms with Gasteiger partial charge in [0.05, 0.1) is 11.5 Å². The molecule has 0 saturated carbocycles. The first-order valence-corrected chi connectivity index (χ1v) is 10.9. The Kier molecular flexibility index (Phi) is 6.30. The Labute approximate surface area is 187 Å². The second kappa shape index (κ2) is 9.30. The number of piperazine rings is 1. The summed E-state index contributed by atoms with van der Waals surface area (Å²) in [5.41, 5.74) is 2.61. The van der Waals surface area contributed by atoms with Crippen LogP contribution >= 0.6 is 0 Å². The smallest absolute Gasteiger partial charge is 0.292 e. The van der Waals surface area contributed by atoms with Crippen molar-refractivity contribution in [3.8, 4) is 11.5 Å². The number of carbonyl (C=O) groups is 1. The maximum atomic E-state index is 12.8. The van der Waals surface area contributed by atoms with E-state index in [9.17, 15) is 14.9 Å². The molecule has 2 aromatic rings. The first-order valence-electron chi connectivity index (χ1n) is 10.9. The highest BCUT2D eigenvalue weighted by atomic mass is 16.6. The number of anilines is 1. The maximum Gasteiger partial charge on any atom is 0.292 e. The van der Waals surface area contributed by atoms with Crippen LogP contribution in [-0.4, -0.2) is 54.6 Å². The zero-order valence-corrected chi connectivity index (χ0v) is 18.3. The van der Waals surface area contributed by atoms with Crippen molar-refractivity contribution in [2.75, 3.05) is 37.7 Å². The van der Waals surface area contributed by atoms with Crippen LogP contribution in [0.15, 0.2) is 42.5 Å². The standard InChI is InChI=1S/C24H27N3O5/c1-3-31-22-16-19-14-17(2)32-23(19)15-18(22)8-9-24(28)26-12-10-25(11-13-26)20-6-4-5-7-21(20)27(29)30/h4-9,15-17H,3,10-14H2,1-2H3/b9-8+. The summed E-state index contributed by atoms with van der Waals surface area (Å²) in [7, 11) is 0. The lowest BCUT2D eigenvalue weighted by molar-refractivity contribution is -0.384. The number of benzene rings is 2. The molecular formula is C24H27N3O5. The van der Waals surface area contributed by atoms with Gasteiger partial charge in [0.2, 0.25) is 5.91 Å². The van der Waals surface area contributed by atoms with Gasteiger partial charge in [-0.3, -0.25) is 14.9 Å². The molecule has 4 rings (SSSR count). The Morgan fingerprint density at radius 3 is 2.72 bits per heavy atom. The van der Waals surface area contributed by atoms with Crippen LogP contribution in [0.3, 0.4) is 0 Å². The van der Waals surface area contributed by atoms with Crippen LogP contribution in [0, 0.1) is 10.1 Å². The second-order valence-electron chi connectivity index (χ2n) is 7.95. The number of hydrogen-bond acceptors (Lipinski definition) is 6. The minimum Gasteiger partial charge on any atom is -0.493 e. The predicted molar refractivity (Wildman–Crippen MR) is 122 cm³/mol. The van der Waals surface area contributed by atoms with Gasteiger partial charge in [0, 0.05) is 55.9 Å². The molecule has 0 bridgehead atoms. The van der Waals surface area contributed by atoms with Crippen LogP contribution in [0.5, 0.6) is 11.5 Å². The summed E-state index contributed by atoms with van der Waals surface area (Å²) in [5, 5.41) is 11.3. The lowest BCUT2D eigenvalue weighted by atomic mass is 10.1. The molecule has 1 unspecified atom stereocenters. The van der Waals surface area contributed by atoms with Crippen LogP contribution in [0.25, 0.3) is 6.08 Å². The summed E-state index contributed by atoms with van der Waals surface area (Å²) in [6.07, 6.45) is 4.32. The molecule has 8 nitrogen and oxygen atoms in total. The fraction of sp³-hybridized carbons (Fsp3) is 0.375. The number of nitrogens with zero attached hydrogens (tertiary/aromatic N) is 3. The fourth-order valence-electron chi connectivity index (χ4n) is 4.19. The number of para-hydroxylation sites is 2. The third-order valence-corrected chi connectivity index (χ3v) is 5.74. The topological polar surface area (TPSA) is 85.2 Å². The Morgan fingerprint density at radius 1 is 1.25 bits per heavy atom. The van der Waals surface area contributed by atoms with Crippen LogP contribution in [-0.2, 0) is 11.2 Å². The largest absolute Gasteiger partial charge is 0.493 e. The van der Waals surface area contributed by atoms with Gasteiger partial charge in [-0.1, -0.05) is 12.1 Å². The van der Waals surface area contributed by atoms with E-state index in [0.717, 1.165) is 29.0 Å². The minimum atomic E-state index is -0.368. The molecule has 1 fully saturated rings. The Bertz CT molecular complexity index is 1040. The van der Waals surface area contributed by atoms with Crippen molar-refractivity contribution in [2.45, 2.75) is 26.4 Å². The summed E-state index contributed by atoms with van der Waals surface area (Å²) < 4.78 is 11.6. The number of fused-ring (bicyclic) bond motifs is 1. The van der Waals surface area contributed by atoms with Crippen molar-refractivity contribution in [3.05, 3.63) is 63.7 Å². The molecule has 0 N–H and O–H groups in total.